The van der Waals surface area contributed by atoms with Crippen LogP contribution in [0.4, 0.5) is 0 Å². The molecule has 1 aromatic carbocycles. The number of carbonyl (C=O) groups excluding carboxylic acids is 1. The molecule has 27 heavy (non-hydrogen) atoms. The van der Waals surface area contributed by atoms with Gasteiger partial charge in [-0.3, -0.25) is 19.8 Å². The number of carboxylic acids is 1. The average molecular weight is 376 g/mol. The van der Waals surface area contributed by atoms with Crippen LogP contribution in [0.25, 0.3) is 0 Å². The van der Waals surface area contributed by atoms with Crippen molar-refractivity contribution < 1.29 is 14.7 Å². The molecule has 0 aromatic heterocycles. The Kier molecular flexibility index (Phi) is 8.25. The third kappa shape index (κ3) is 6.63. The highest BCUT2D eigenvalue weighted by Crippen LogP contribution is 2.11. The third-order valence-corrected chi connectivity index (χ3v) is 5.42. The van der Waals surface area contributed by atoms with Crippen LogP contribution in [-0.2, 0) is 16.1 Å². The molecule has 2 rings (SSSR count). The molecular weight excluding hydrogens is 342 g/mol. The topological polar surface area (TPSA) is 72.9 Å². The molecule has 2 atom stereocenters. The van der Waals surface area contributed by atoms with Crippen molar-refractivity contribution in [3.05, 3.63) is 35.4 Å². The van der Waals surface area contributed by atoms with Gasteiger partial charge in [-0.2, -0.15) is 0 Å². The Balaban J connectivity index is 1.83. The number of aryl methyl sites for hydroxylation is 1. The minimum absolute atomic E-state index is 0.00978. The zero-order valence-electron chi connectivity index (χ0n) is 16.8. The van der Waals surface area contributed by atoms with Crippen molar-refractivity contribution in [1.82, 2.24) is 15.1 Å². The van der Waals surface area contributed by atoms with Gasteiger partial charge in [-0.15, -0.1) is 0 Å². The summed E-state index contributed by atoms with van der Waals surface area (Å²) in [6.45, 7) is 10.1. The molecule has 0 unspecified atom stereocenters. The quantitative estimate of drug-likeness (QED) is 0.728. The molecule has 0 saturated carbocycles. The lowest BCUT2D eigenvalue weighted by molar-refractivity contribution is -0.141. The zero-order valence-corrected chi connectivity index (χ0v) is 16.8. The molecule has 1 saturated heterocycles. The van der Waals surface area contributed by atoms with Gasteiger partial charge in [0.15, 0.2) is 0 Å². The number of carboxylic acid groups (broad SMARTS) is 1. The highest BCUT2D eigenvalue weighted by Gasteiger charge is 2.25. The lowest BCUT2D eigenvalue weighted by Crippen LogP contribution is -2.48. The minimum atomic E-state index is -0.891. The SMILES string of the molecule is CC[C@H](C)[C@H](NCC(=O)N1CCCN(Cc2ccc(C)cc2)CC1)C(=O)O. The number of carbonyl (C=O) groups is 2. The molecule has 0 radical (unpaired) electrons. The summed E-state index contributed by atoms with van der Waals surface area (Å²) in [5, 5.41) is 12.3. The number of nitrogens with one attached hydrogen (secondary N) is 1. The van der Waals surface area contributed by atoms with E-state index >= 15 is 0 Å². The predicted molar refractivity (Wildman–Crippen MR) is 107 cm³/mol. The van der Waals surface area contributed by atoms with E-state index in [2.05, 4.69) is 41.4 Å². The summed E-state index contributed by atoms with van der Waals surface area (Å²) in [5.41, 5.74) is 2.55. The van der Waals surface area contributed by atoms with Gasteiger partial charge in [0.25, 0.3) is 0 Å². The maximum atomic E-state index is 12.5. The number of hydrogen-bond acceptors (Lipinski definition) is 4. The summed E-state index contributed by atoms with van der Waals surface area (Å²) in [7, 11) is 0. The number of aliphatic carboxylic acids is 1. The molecule has 1 aromatic rings. The molecule has 1 heterocycles. The molecule has 1 fully saturated rings. The van der Waals surface area contributed by atoms with Crippen LogP contribution in [0.2, 0.25) is 0 Å². The van der Waals surface area contributed by atoms with Crippen molar-refractivity contribution in [3.63, 3.8) is 0 Å². The van der Waals surface area contributed by atoms with E-state index in [1.54, 1.807) is 0 Å². The van der Waals surface area contributed by atoms with Crippen molar-refractivity contribution in [3.8, 4) is 0 Å². The smallest absolute Gasteiger partial charge is 0.320 e. The molecule has 0 spiro atoms. The molecule has 1 aliphatic rings. The second-order valence-electron chi connectivity index (χ2n) is 7.58. The van der Waals surface area contributed by atoms with Gasteiger partial charge >= 0.3 is 5.97 Å². The molecule has 6 nitrogen and oxygen atoms in total. The fourth-order valence-corrected chi connectivity index (χ4v) is 3.41. The molecule has 1 amide bonds. The Labute approximate surface area is 162 Å². The van der Waals surface area contributed by atoms with Crippen LogP contribution < -0.4 is 5.32 Å². The van der Waals surface area contributed by atoms with Crippen molar-refractivity contribution in [1.29, 1.82) is 0 Å². The number of nitrogens with zero attached hydrogens (tertiary/aromatic N) is 2. The zero-order chi connectivity index (χ0) is 19.8. The molecule has 6 heteroatoms. The van der Waals surface area contributed by atoms with Crippen molar-refractivity contribution >= 4 is 11.9 Å². The van der Waals surface area contributed by atoms with Crippen LogP contribution in [0.5, 0.6) is 0 Å². The summed E-state index contributed by atoms with van der Waals surface area (Å²) in [6, 6.07) is 7.90. The molecule has 1 aliphatic heterocycles. The van der Waals surface area contributed by atoms with Crippen LogP contribution in [0.1, 0.15) is 37.8 Å². The maximum Gasteiger partial charge on any atom is 0.320 e. The lowest BCUT2D eigenvalue weighted by atomic mass is 9.99. The van der Waals surface area contributed by atoms with Crippen LogP contribution >= 0.6 is 0 Å². The van der Waals surface area contributed by atoms with E-state index < -0.39 is 12.0 Å². The first-order valence-electron chi connectivity index (χ1n) is 9.92. The highest BCUT2D eigenvalue weighted by atomic mass is 16.4. The summed E-state index contributed by atoms with van der Waals surface area (Å²) in [4.78, 5) is 28.2. The summed E-state index contributed by atoms with van der Waals surface area (Å²) < 4.78 is 0. The van der Waals surface area contributed by atoms with Gasteiger partial charge in [-0.25, -0.2) is 0 Å². The van der Waals surface area contributed by atoms with E-state index in [9.17, 15) is 14.7 Å². The van der Waals surface area contributed by atoms with Gasteiger partial charge in [0.1, 0.15) is 6.04 Å². The second-order valence-corrected chi connectivity index (χ2v) is 7.58. The fourth-order valence-electron chi connectivity index (χ4n) is 3.41. The normalized spacial score (nSPS) is 18.0. The summed E-state index contributed by atoms with van der Waals surface area (Å²) in [6.07, 6.45) is 1.70. The van der Waals surface area contributed by atoms with Gasteiger partial charge in [0.2, 0.25) is 5.91 Å². The number of amides is 1. The first-order chi connectivity index (χ1) is 12.9. The molecule has 0 aliphatic carbocycles. The Morgan fingerprint density at radius 1 is 1.15 bits per heavy atom. The largest absolute Gasteiger partial charge is 0.480 e. The van der Waals surface area contributed by atoms with Gasteiger partial charge in [0.05, 0.1) is 6.54 Å². The Bertz CT molecular complexity index is 618. The second kappa shape index (κ2) is 10.4. The van der Waals surface area contributed by atoms with E-state index in [-0.39, 0.29) is 18.4 Å². The minimum Gasteiger partial charge on any atom is -0.480 e. The molecular formula is C21H33N3O3. The van der Waals surface area contributed by atoms with Gasteiger partial charge < -0.3 is 10.0 Å². The van der Waals surface area contributed by atoms with E-state index in [0.29, 0.717) is 6.54 Å². The molecule has 150 valence electrons. The van der Waals surface area contributed by atoms with E-state index in [1.165, 1.54) is 11.1 Å². The van der Waals surface area contributed by atoms with Gasteiger partial charge in [0, 0.05) is 32.7 Å². The summed E-state index contributed by atoms with van der Waals surface area (Å²) in [5.74, 6) is -0.913. The first kappa shape index (κ1) is 21.4. The number of rotatable bonds is 8. The Morgan fingerprint density at radius 3 is 2.48 bits per heavy atom. The third-order valence-electron chi connectivity index (χ3n) is 5.42. The van der Waals surface area contributed by atoms with Crippen LogP contribution in [0.15, 0.2) is 24.3 Å². The number of hydrogen-bond donors (Lipinski definition) is 2. The standard InChI is InChI=1S/C21H33N3O3/c1-4-17(3)20(21(26)27)22-14-19(25)24-11-5-10-23(12-13-24)15-18-8-6-16(2)7-9-18/h6-9,17,20,22H,4-5,10-15H2,1-3H3,(H,26,27)/t17-,20-/m0/s1. The maximum absolute atomic E-state index is 12.5. The van der Waals surface area contributed by atoms with Crippen LogP contribution in [0, 0.1) is 12.8 Å². The Hall–Kier alpha value is -1.92. The predicted octanol–water partition coefficient (Wildman–Crippen LogP) is 2.12. The average Bonchev–Trinajstić information content (AvgIpc) is 2.88. The van der Waals surface area contributed by atoms with E-state index in [0.717, 1.165) is 39.0 Å². The van der Waals surface area contributed by atoms with Crippen molar-refractivity contribution in [2.75, 3.05) is 32.7 Å². The lowest BCUT2D eigenvalue weighted by Gasteiger charge is -2.24. The highest BCUT2D eigenvalue weighted by molar-refractivity contribution is 5.80. The van der Waals surface area contributed by atoms with Crippen LogP contribution in [0.3, 0.4) is 0 Å². The molecule has 0 bridgehead atoms. The monoisotopic (exact) mass is 375 g/mol. The molecule has 2 N–H and O–H groups in total. The fraction of sp³-hybridized carbons (Fsp3) is 0.619. The first-order valence-corrected chi connectivity index (χ1v) is 9.92. The van der Waals surface area contributed by atoms with Crippen molar-refractivity contribution in [2.45, 2.75) is 46.2 Å². The van der Waals surface area contributed by atoms with Crippen molar-refractivity contribution in [2.24, 2.45) is 5.92 Å². The van der Waals surface area contributed by atoms with E-state index in [4.69, 9.17) is 0 Å². The summed E-state index contributed by atoms with van der Waals surface area (Å²) >= 11 is 0. The number of benzene rings is 1. The Morgan fingerprint density at radius 2 is 1.85 bits per heavy atom. The van der Waals surface area contributed by atoms with Gasteiger partial charge in [-0.05, 0) is 24.8 Å². The van der Waals surface area contributed by atoms with E-state index in [1.807, 2.05) is 18.7 Å². The van der Waals surface area contributed by atoms with Gasteiger partial charge in [-0.1, -0.05) is 50.1 Å². The van der Waals surface area contributed by atoms with Crippen LogP contribution in [-0.4, -0.2) is 65.5 Å².